The number of benzene rings is 2. The van der Waals surface area contributed by atoms with Crippen molar-refractivity contribution in [2.45, 2.75) is 6.42 Å². The van der Waals surface area contributed by atoms with Gasteiger partial charge in [-0.1, -0.05) is 18.2 Å². The molecule has 0 spiro atoms. The molecule has 128 valence electrons. The van der Waals surface area contributed by atoms with E-state index >= 15 is 0 Å². The second-order valence-corrected chi connectivity index (χ2v) is 6.00. The smallest absolute Gasteiger partial charge is 0.340 e. The van der Waals surface area contributed by atoms with Gasteiger partial charge < -0.3 is 4.74 Å². The summed E-state index contributed by atoms with van der Waals surface area (Å²) in [4.78, 5) is 16.5. The first-order valence-corrected chi connectivity index (χ1v) is 8.29. The third-order valence-corrected chi connectivity index (χ3v) is 4.28. The van der Waals surface area contributed by atoms with Crippen LogP contribution in [0.15, 0.2) is 73.2 Å². The Bertz CT molecular complexity index is 1050. The number of esters is 1. The summed E-state index contributed by atoms with van der Waals surface area (Å²) in [5.41, 5.74) is 4.36. The van der Waals surface area contributed by atoms with Gasteiger partial charge >= 0.3 is 5.97 Å². The Morgan fingerprint density at radius 3 is 2.62 bits per heavy atom. The van der Waals surface area contributed by atoms with Gasteiger partial charge in [0.25, 0.3) is 0 Å². The van der Waals surface area contributed by atoms with Gasteiger partial charge in [0.05, 0.1) is 23.9 Å². The van der Waals surface area contributed by atoms with Crippen LogP contribution in [-0.2, 0) is 11.2 Å². The van der Waals surface area contributed by atoms with E-state index in [0.717, 1.165) is 22.2 Å². The molecule has 0 saturated heterocycles. The van der Waals surface area contributed by atoms with Crippen LogP contribution in [0.2, 0.25) is 0 Å². The van der Waals surface area contributed by atoms with Crippen LogP contribution in [0.1, 0.15) is 21.5 Å². The van der Waals surface area contributed by atoms with E-state index in [9.17, 15) is 4.79 Å². The van der Waals surface area contributed by atoms with Crippen LogP contribution >= 0.6 is 0 Å². The first kappa shape index (κ1) is 16.0. The number of nitrogens with zero attached hydrogens (tertiary/aromatic N) is 3. The number of carbonyl (C=O) groups is 1. The van der Waals surface area contributed by atoms with Crippen molar-refractivity contribution in [3.05, 3.63) is 89.9 Å². The van der Waals surface area contributed by atoms with E-state index in [4.69, 9.17) is 4.74 Å². The van der Waals surface area contributed by atoms with Gasteiger partial charge in [0.2, 0.25) is 0 Å². The number of rotatable bonds is 4. The normalized spacial score (nSPS) is 10.8. The fraction of sp³-hybridized carbons (Fsp3) is 0.0952. The standard InChI is InChI=1S/C21H17N3O2/c1-26-21(25)19-14-16(13-17-4-2-9-22-20(17)19)12-15-5-7-18(8-6-15)24-11-3-10-23-24/h2-11,13-14H,12H2,1H3. The Balaban J connectivity index is 1.67. The summed E-state index contributed by atoms with van der Waals surface area (Å²) in [6, 6.07) is 17.9. The second kappa shape index (κ2) is 6.80. The quantitative estimate of drug-likeness (QED) is 0.529. The first-order chi connectivity index (χ1) is 12.7. The minimum Gasteiger partial charge on any atom is -0.465 e. The van der Waals surface area contributed by atoms with E-state index in [2.05, 4.69) is 28.3 Å². The number of ether oxygens (including phenoxy) is 1. The molecule has 4 rings (SSSR count). The van der Waals surface area contributed by atoms with E-state index in [0.29, 0.717) is 17.5 Å². The molecular formula is C21H17N3O2. The molecule has 0 atom stereocenters. The van der Waals surface area contributed by atoms with Crippen LogP contribution in [0, 0.1) is 0 Å². The first-order valence-electron chi connectivity index (χ1n) is 8.29. The molecule has 26 heavy (non-hydrogen) atoms. The number of aromatic nitrogens is 3. The highest BCUT2D eigenvalue weighted by atomic mass is 16.5. The van der Waals surface area contributed by atoms with Crippen LogP contribution in [0.3, 0.4) is 0 Å². The number of fused-ring (bicyclic) bond motifs is 1. The SMILES string of the molecule is COC(=O)c1cc(Cc2ccc(-n3cccn3)cc2)cc2cccnc12. The molecule has 5 heteroatoms. The number of pyridine rings is 1. The molecule has 2 aromatic carbocycles. The molecule has 4 aromatic rings. The lowest BCUT2D eigenvalue weighted by Gasteiger charge is -2.09. The Kier molecular flexibility index (Phi) is 4.19. The van der Waals surface area contributed by atoms with Gasteiger partial charge in [-0.15, -0.1) is 0 Å². The minimum atomic E-state index is -0.371. The maximum Gasteiger partial charge on any atom is 0.340 e. The number of carbonyl (C=O) groups excluding carboxylic acids is 1. The largest absolute Gasteiger partial charge is 0.465 e. The molecule has 2 heterocycles. The highest BCUT2D eigenvalue weighted by molar-refractivity contribution is 6.03. The minimum absolute atomic E-state index is 0.371. The van der Waals surface area contributed by atoms with E-state index in [1.165, 1.54) is 7.11 Å². The summed E-state index contributed by atoms with van der Waals surface area (Å²) < 4.78 is 6.74. The van der Waals surface area contributed by atoms with Gasteiger partial charge in [-0.2, -0.15) is 5.10 Å². The Morgan fingerprint density at radius 2 is 1.88 bits per heavy atom. The molecule has 0 bridgehead atoms. The number of hydrogen-bond donors (Lipinski definition) is 0. The van der Waals surface area contributed by atoms with Crippen LogP contribution in [0.25, 0.3) is 16.6 Å². The number of methoxy groups -OCH3 is 1. The topological polar surface area (TPSA) is 57.0 Å². The third-order valence-electron chi connectivity index (χ3n) is 4.28. The summed E-state index contributed by atoms with van der Waals surface area (Å²) in [7, 11) is 1.39. The van der Waals surface area contributed by atoms with Crippen molar-refractivity contribution in [2.24, 2.45) is 0 Å². The molecular weight excluding hydrogens is 326 g/mol. The Morgan fingerprint density at radius 1 is 1.04 bits per heavy atom. The van der Waals surface area contributed by atoms with Gasteiger partial charge in [-0.05, 0) is 53.9 Å². The van der Waals surface area contributed by atoms with E-state index < -0.39 is 0 Å². The maximum atomic E-state index is 12.1. The molecule has 0 saturated carbocycles. The summed E-state index contributed by atoms with van der Waals surface area (Å²) in [5, 5.41) is 5.16. The molecule has 5 nitrogen and oxygen atoms in total. The van der Waals surface area contributed by atoms with Crippen LogP contribution in [0.5, 0.6) is 0 Å². The summed E-state index contributed by atoms with van der Waals surface area (Å²) in [6.45, 7) is 0. The molecule has 0 N–H and O–H groups in total. The van der Waals surface area contributed by atoms with Crippen LogP contribution in [0.4, 0.5) is 0 Å². The zero-order chi connectivity index (χ0) is 17.9. The summed E-state index contributed by atoms with van der Waals surface area (Å²) >= 11 is 0. The lowest BCUT2D eigenvalue weighted by molar-refractivity contribution is 0.0602. The monoisotopic (exact) mass is 343 g/mol. The average molecular weight is 343 g/mol. The van der Waals surface area contributed by atoms with E-state index in [-0.39, 0.29) is 5.97 Å². The van der Waals surface area contributed by atoms with Crippen molar-refractivity contribution >= 4 is 16.9 Å². The molecule has 0 aliphatic rings. The van der Waals surface area contributed by atoms with Gasteiger partial charge in [0, 0.05) is 24.0 Å². The third kappa shape index (κ3) is 3.07. The summed E-state index contributed by atoms with van der Waals surface area (Å²) in [6.07, 6.45) is 6.07. The lowest BCUT2D eigenvalue weighted by Crippen LogP contribution is -2.04. The summed E-state index contributed by atoms with van der Waals surface area (Å²) in [5.74, 6) is -0.371. The van der Waals surface area contributed by atoms with Crippen molar-refractivity contribution in [3.8, 4) is 5.69 Å². The number of hydrogen-bond acceptors (Lipinski definition) is 4. The second-order valence-electron chi connectivity index (χ2n) is 6.00. The van der Waals surface area contributed by atoms with Crippen molar-refractivity contribution in [3.63, 3.8) is 0 Å². The van der Waals surface area contributed by atoms with Crippen molar-refractivity contribution < 1.29 is 9.53 Å². The van der Waals surface area contributed by atoms with Gasteiger partial charge in [0.1, 0.15) is 0 Å². The zero-order valence-corrected chi connectivity index (χ0v) is 14.3. The maximum absolute atomic E-state index is 12.1. The predicted molar refractivity (Wildman–Crippen MR) is 99.5 cm³/mol. The van der Waals surface area contributed by atoms with Gasteiger partial charge in [-0.3, -0.25) is 4.98 Å². The highest BCUT2D eigenvalue weighted by Crippen LogP contribution is 2.22. The van der Waals surface area contributed by atoms with E-state index in [1.54, 1.807) is 12.4 Å². The predicted octanol–water partition coefficient (Wildman–Crippen LogP) is 3.80. The molecule has 0 amide bonds. The van der Waals surface area contributed by atoms with Crippen LogP contribution in [-0.4, -0.2) is 27.8 Å². The fourth-order valence-corrected chi connectivity index (χ4v) is 3.05. The molecule has 0 fully saturated rings. The molecule has 2 aromatic heterocycles. The molecule has 0 aliphatic heterocycles. The van der Waals surface area contributed by atoms with Crippen molar-refractivity contribution in [1.82, 2.24) is 14.8 Å². The molecule has 0 aliphatic carbocycles. The van der Waals surface area contributed by atoms with Crippen molar-refractivity contribution in [1.29, 1.82) is 0 Å². The fourth-order valence-electron chi connectivity index (χ4n) is 3.05. The van der Waals surface area contributed by atoms with Gasteiger partial charge in [0.15, 0.2) is 0 Å². The lowest BCUT2D eigenvalue weighted by atomic mass is 9.99. The average Bonchev–Trinajstić information content (AvgIpc) is 3.22. The van der Waals surface area contributed by atoms with E-state index in [1.807, 2.05) is 47.3 Å². The highest BCUT2D eigenvalue weighted by Gasteiger charge is 2.13. The zero-order valence-electron chi connectivity index (χ0n) is 14.3. The molecule has 0 radical (unpaired) electrons. The molecule has 0 unspecified atom stereocenters. The van der Waals surface area contributed by atoms with Crippen molar-refractivity contribution in [2.75, 3.05) is 7.11 Å². The Labute approximate surface area is 150 Å². The van der Waals surface area contributed by atoms with Gasteiger partial charge in [-0.25, -0.2) is 9.48 Å². The Hall–Kier alpha value is -3.47. The van der Waals surface area contributed by atoms with Crippen LogP contribution < -0.4 is 0 Å².